The molecule has 1 rings (SSSR count). The SMILES string of the molecule is CNS(=O)(=O)c1ccccc1[CH2][Sn]([CH3])([CH3])[CH3]. The number of hydrogen-bond donors (Lipinski definition) is 1. The molecule has 0 aliphatic rings. The van der Waals surface area contributed by atoms with Crippen molar-refractivity contribution in [2.75, 3.05) is 7.05 Å². The third-order valence-electron chi connectivity index (χ3n) is 2.25. The summed E-state index contributed by atoms with van der Waals surface area (Å²) in [5.41, 5.74) is 0.958. The van der Waals surface area contributed by atoms with Gasteiger partial charge in [0.15, 0.2) is 0 Å². The first kappa shape index (κ1) is 14.0. The summed E-state index contributed by atoms with van der Waals surface area (Å²) < 4.78 is 27.0. The van der Waals surface area contributed by atoms with Gasteiger partial charge in [-0.3, -0.25) is 0 Å². The predicted molar refractivity (Wildman–Crippen MR) is 69.7 cm³/mol. The Morgan fingerprint density at radius 1 is 1.19 bits per heavy atom. The summed E-state index contributed by atoms with van der Waals surface area (Å²) in [5, 5.41) is 0. The fourth-order valence-electron chi connectivity index (χ4n) is 1.59. The van der Waals surface area contributed by atoms with E-state index in [0.717, 1.165) is 10.0 Å². The molecule has 90 valence electrons. The quantitative estimate of drug-likeness (QED) is 0.847. The van der Waals surface area contributed by atoms with Crippen molar-refractivity contribution < 1.29 is 8.42 Å². The maximum atomic E-state index is 11.8. The van der Waals surface area contributed by atoms with Crippen molar-refractivity contribution in [1.82, 2.24) is 4.72 Å². The van der Waals surface area contributed by atoms with Crippen LogP contribution in [0.4, 0.5) is 0 Å². The molecule has 5 heteroatoms. The molecule has 0 radical (unpaired) electrons. The molecule has 0 heterocycles. The molecule has 0 atom stereocenters. The van der Waals surface area contributed by atoms with Crippen molar-refractivity contribution in [3.63, 3.8) is 0 Å². The van der Waals surface area contributed by atoms with Gasteiger partial charge in [-0.15, -0.1) is 0 Å². The summed E-state index contributed by atoms with van der Waals surface area (Å²) in [7, 11) is -1.87. The molecule has 3 nitrogen and oxygen atoms in total. The Morgan fingerprint density at radius 3 is 2.25 bits per heavy atom. The fourth-order valence-corrected chi connectivity index (χ4v) is 7.06. The molecule has 1 N–H and O–H groups in total. The van der Waals surface area contributed by atoms with Gasteiger partial charge in [-0.1, -0.05) is 0 Å². The molecule has 1 aromatic carbocycles. The molecule has 0 unspecified atom stereocenters. The third-order valence-corrected chi connectivity index (χ3v) is 7.88. The normalized spacial score (nSPS) is 12.8. The van der Waals surface area contributed by atoms with Gasteiger partial charge in [0.1, 0.15) is 0 Å². The Balaban J connectivity index is 3.22. The van der Waals surface area contributed by atoms with Crippen molar-refractivity contribution in [1.29, 1.82) is 0 Å². The monoisotopic (exact) mass is 349 g/mol. The fraction of sp³-hybridized carbons (Fsp3) is 0.455. The maximum absolute atomic E-state index is 11.8. The zero-order chi connectivity index (χ0) is 12.4. The van der Waals surface area contributed by atoms with Crippen LogP contribution in [0.15, 0.2) is 29.2 Å². The minimum atomic E-state index is -3.32. The Labute approximate surface area is 102 Å². The second-order valence-electron chi connectivity index (χ2n) is 5.05. The zero-order valence-corrected chi connectivity index (χ0v) is 13.9. The van der Waals surface area contributed by atoms with Gasteiger partial charge in [-0.25, -0.2) is 0 Å². The number of sulfonamides is 1. The van der Waals surface area contributed by atoms with E-state index in [1.165, 1.54) is 7.05 Å². The molecule has 0 spiro atoms. The van der Waals surface area contributed by atoms with E-state index in [2.05, 4.69) is 19.5 Å². The summed E-state index contributed by atoms with van der Waals surface area (Å²) in [4.78, 5) is 7.34. The number of benzene rings is 1. The minimum absolute atomic E-state index is 0.434. The molecule has 0 aliphatic heterocycles. The van der Waals surface area contributed by atoms with Gasteiger partial charge in [0.25, 0.3) is 0 Å². The van der Waals surface area contributed by atoms with Crippen molar-refractivity contribution in [3.05, 3.63) is 29.8 Å². The van der Waals surface area contributed by atoms with Crippen LogP contribution in [0.25, 0.3) is 0 Å². The van der Waals surface area contributed by atoms with Gasteiger partial charge in [0.05, 0.1) is 0 Å². The van der Waals surface area contributed by atoms with Crippen LogP contribution in [-0.2, 0) is 14.5 Å². The molecule has 0 aliphatic carbocycles. The standard InChI is InChI=1S/C8H10NO2S.3CH3.Sn/c1-7-5-3-4-6-8(7)12(10,11)9-2;;;;/h3-6,9H,1H2,2H3;3*1H3;. The Morgan fingerprint density at radius 2 is 1.75 bits per heavy atom. The number of rotatable bonds is 4. The summed E-state index contributed by atoms with van der Waals surface area (Å²) in [5.74, 6) is 0. The van der Waals surface area contributed by atoms with Crippen molar-refractivity contribution in [3.8, 4) is 0 Å². The third kappa shape index (κ3) is 3.75. The Kier molecular flexibility index (Phi) is 4.42. The first-order valence-electron chi connectivity index (χ1n) is 5.28. The topological polar surface area (TPSA) is 46.2 Å². The molecule has 0 fully saturated rings. The van der Waals surface area contributed by atoms with Gasteiger partial charge >= 0.3 is 103 Å². The zero-order valence-electron chi connectivity index (χ0n) is 10.2. The van der Waals surface area contributed by atoms with Gasteiger partial charge in [-0.05, 0) is 0 Å². The first-order valence-corrected chi connectivity index (χ1v) is 17.3. The van der Waals surface area contributed by atoms with Gasteiger partial charge in [0, 0.05) is 0 Å². The van der Waals surface area contributed by atoms with Crippen molar-refractivity contribution in [2.45, 2.75) is 24.2 Å². The summed E-state index contributed by atoms with van der Waals surface area (Å²) in [6.45, 7) is 0. The summed E-state index contributed by atoms with van der Waals surface area (Å²) in [6.07, 6.45) is 0. The Hall–Kier alpha value is -0.0713. The van der Waals surface area contributed by atoms with Gasteiger partial charge < -0.3 is 0 Å². The first-order chi connectivity index (χ1) is 7.26. The number of nitrogens with one attached hydrogen (secondary N) is 1. The van der Waals surface area contributed by atoms with Crippen molar-refractivity contribution in [2.24, 2.45) is 0 Å². The van der Waals surface area contributed by atoms with Gasteiger partial charge in [-0.2, -0.15) is 0 Å². The average Bonchev–Trinajstić information content (AvgIpc) is 2.16. The van der Waals surface area contributed by atoms with Crippen LogP contribution in [0.2, 0.25) is 14.8 Å². The molecule has 0 bridgehead atoms. The molecular weight excluding hydrogens is 329 g/mol. The van der Waals surface area contributed by atoms with E-state index >= 15 is 0 Å². The van der Waals surface area contributed by atoms with Crippen molar-refractivity contribution >= 4 is 28.4 Å². The second-order valence-corrected chi connectivity index (χ2v) is 22.5. The molecule has 0 saturated carbocycles. The van der Waals surface area contributed by atoms with Crippen LogP contribution in [0.5, 0.6) is 0 Å². The van der Waals surface area contributed by atoms with E-state index < -0.39 is 28.4 Å². The van der Waals surface area contributed by atoms with E-state index in [1.807, 2.05) is 12.1 Å². The molecule has 16 heavy (non-hydrogen) atoms. The van der Waals surface area contributed by atoms with E-state index in [-0.39, 0.29) is 0 Å². The Bertz CT molecular complexity index is 463. The molecule has 0 aromatic heterocycles. The summed E-state index contributed by atoms with van der Waals surface area (Å²) in [6, 6.07) is 7.28. The van der Waals surface area contributed by atoms with Crippen LogP contribution >= 0.6 is 0 Å². The summed E-state index contributed by atoms with van der Waals surface area (Å²) >= 11 is -2.02. The van der Waals surface area contributed by atoms with Crippen LogP contribution in [0.3, 0.4) is 0 Å². The average molecular weight is 348 g/mol. The van der Waals surface area contributed by atoms with E-state index in [0.29, 0.717) is 4.90 Å². The van der Waals surface area contributed by atoms with Gasteiger partial charge in [0.2, 0.25) is 0 Å². The second kappa shape index (κ2) is 5.06. The molecule has 1 aromatic rings. The van der Waals surface area contributed by atoms with Crippen LogP contribution in [0.1, 0.15) is 5.56 Å². The predicted octanol–water partition coefficient (Wildman–Crippen LogP) is 2.01. The molecular formula is C11H19NO2SSn. The van der Waals surface area contributed by atoms with Crippen LogP contribution < -0.4 is 4.72 Å². The van der Waals surface area contributed by atoms with E-state index in [4.69, 9.17) is 0 Å². The van der Waals surface area contributed by atoms with Crippen LogP contribution in [0, 0.1) is 0 Å². The molecule has 0 amide bonds. The number of hydrogen-bond acceptors (Lipinski definition) is 2. The van der Waals surface area contributed by atoms with Crippen LogP contribution in [-0.4, -0.2) is 33.8 Å². The van der Waals surface area contributed by atoms with E-state index in [1.54, 1.807) is 12.1 Å². The molecule has 0 saturated heterocycles. The van der Waals surface area contributed by atoms with E-state index in [9.17, 15) is 8.42 Å².